The zero-order chi connectivity index (χ0) is 25.8. The Morgan fingerprint density at radius 2 is 1.86 bits per heavy atom. The summed E-state index contributed by atoms with van der Waals surface area (Å²) in [6.07, 6.45) is 0.0895. The summed E-state index contributed by atoms with van der Waals surface area (Å²) in [6.45, 7) is 16.0. The second-order valence-corrected chi connectivity index (χ2v) is 15.1. The van der Waals surface area contributed by atoms with Gasteiger partial charge in [0.2, 0.25) is 0 Å². The molecule has 1 aromatic heterocycles. The minimum atomic E-state index is -1.88. The monoisotopic (exact) mass is 493 g/mol. The molecule has 0 aliphatic carbocycles. The third kappa shape index (κ3) is 6.53. The van der Waals surface area contributed by atoms with Crippen molar-refractivity contribution in [1.82, 2.24) is 0 Å². The van der Waals surface area contributed by atoms with Crippen LogP contribution in [0, 0.1) is 18.3 Å². The first-order valence-electron chi connectivity index (χ1n) is 11.9. The van der Waals surface area contributed by atoms with Gasteiger partial charge in [-0.05, 0) is 73.4 Å². The van der Waals surface area contributed by atoms with Crippen molar-refractivity contribution in [2.45, 2.75) is 72.4 Å². The van der Waals surface area contributed by atoms with Gasteiger partial charge in [-0.25, -0.2) is 0 Å². The predicted molar refractivity (Wildman–Crippen MR) is 139 cm³/mol. The molecular weight excluding hydrogens is 458 g/mol. The van der Waals surface area contributed by atoms with Gasteiger partial charge in [-0.3, -0.25) is 4.79 Å². The van der Waals surface area contributed by atoms with Crippen LogP contribution in [-0.4, -0.2) is 20.9 Å². The Morgan fingerprint density at radius 3 is 2.51 bits per heavy atom. The van der Waals surface area contributed by atoms with Crippen LogP contribution < -0.4 is 4.74 Å². The number of hydrogen-bond donors (Lipinski definition) is 0. The van der Waals surface area contributed by atoms with Crippen LogP contribution in [0.4, 0.5) is 0 Å². The maximum absolute atomic E-state index is 12.0. The largest absolute Gasteiger partial charge is 0.489 e. The summed E-state index contributed by atoms with van der Waals surface area (Å²) in [4.78, 5) is 12.0. The van der Waals surface area contributed by atoms with Crippen LogP contribution in [0.15, 0.2) is 40.8 Å². The number of aryl methyl sites for hydroxylation is 1. The zero-order valence-electron chi connectivity index (χ0n) is 21.8. The number of carbonyl (C=O) groups is 1. The predicted octanol–water partition coefficient (Wildman–Crippen LogP) is 6.82. The van der Waals surface area contributed by atoms with Gasteiger partial charge in [-0.15, -0.1) is 0 Å². The average Bonchev–Trinajstić information content (AvgIpc) is 3.20. The molecule has 35 heavy (non-hydrogen) atoms. The summed E-state index contributed by atoms with van der Waals surface area (Å²) in [5.74, 6) is 0.986. The molecule has 0 unspecified atom stereocenters. The summed E-state index contributed by atoms with van der Waals surface area (Å²) in [6, 6.07) is 13.3. The Labute approximate surface area is 208 Å². The third-order valence-electron chi connectivity index (χ3n) is 6.52. The molecule has 3 aromatic rings. The van der Waals surface area contributed by atoms with E-state index in [2.05, 4.69) is 39.9 Å². The molecule has 2 aromatic carbocycles. The van der Waals surface area contributed by atoms with Crippen LogP contribution in [0.25, 0.3) is 11.0 Å². The van der Waals surface area contributed by atoms with Crippen molar-refractivity contribution in [2.24, 2.45) is 0 Å². The summed E-state index contributed by atoms with van der Waals surface area (Å²) >= 11 is 0. The van der Waals surface area contributed by atoms with Gasteiger partial charge in [0, 0.05) is 10.9 Å². The van der Waals surface area contributed by atoms with E-state index >= 15 is 0 Å². The molecule has 0 amide bonds. The molecule has 0 saturated heterocycles. The van der Waals surface area contributed by atoms with E-state index in [-0.39, 0.29) is 17.4 Å². The van der Waals surface area contributed by atoms with Gasteiger partial charge in [-0.2, -0.15) is 5.26 Å². The topological polar surface area (TPSA) is 81.7 Å². The van der Waals surface area contributed by atoms with Crippen LogP contribution in [-0.2, 0) is 33.6 Å². The number of furan rings is 1. The first-order valence-corrected chi connectivity index (χ1v) is 14.8. The molecule has 0 bridgehead atoms. The van der Waals surface area contributed by atoms with Gasteiger partial charge in [0.1, 0.15) is 23.7 Å². The number of hydrogen-bond acceptors (Lipinski definition) is 6. The smallest absolute Gasteiger partial charge is 0.310 e. The van der Waals surface area contributed by atoms with Crippen molar-refractivity contribution in [2.75, 3.05) is 6.61 Å². The number of rotatable bonds is 9. The van der Waals surface area contributed by atoms with Crippen molar-refractivity contribution < 1.29 is 23.1 Å². The highest BCUT2D eigenvalue weighted by Gasteiger charge is 2.37. The number of esters is 1. The zero-order valence-corrected chi connectivity index (χ0v) is 22.8. The van der Waals surface area contributed by atoms with Gasteiger partial charge in [0.25, 0.3) is 0 Å². The molecule has 7 heteroatoms. The lowest BCUT2D eigenvalue weighted by Gasteiger charge is -2.35. The lowest BCUT2D eigenvalue weighted by atomic mass is 10.1. The quantitative estimate of drug-likeness (QED) is 0.240. The average molecular weight is 494 g/mol. The van der Waals surface area contributed by atoms with E-state index in [1.807, 2.05) is 25.1 Å². The molecule has 0 aliphatic heterocycles. The van der Waals surface area contributed by atoms with E-state index in [1.165, 1.54) is 0 Å². The molecule has 0 saturated carbocycles. The molecule has 0 N–H and O–H groups in total. The van der Waals surface area contributed by atoms with Gasteiger partial charge in [-0.1, -0.05) is 26.8 Å². The summed E-state index contributed by atoms with van der Waals surface area (Å²) < 4.78 is 23.6. The highest BCUT2D eigenvalue weighted by atomic mass is 28.4. The van der Waals surface area contributed by atoms with E-state index in [4.69, 9.17) is 18.3 Å². The number of benzene rings is 2. The summed E-state index contributed by atoms with van der Waals surface area (Å²) in [5, 5.41) is 10.4. The van der Waals surface area contributed by atoms with Crippen molar-refractivity contribution >= 4 is 25.3 Å². The van der Waals surface area contributed by atoms with Crippen molar-refractivity contribution in [1.29, 1.82) is 5.26 Å². The molecule has 1 heterocycles. The molecule has 0 aliphatic rings. The molecule has 0 radical (unpaired) electrons. The highest BCUT2D eigenvalue weighted by molar-refractivity contribution is 6.74. The van der Waals surface area contributed by atoms with Crippen LogP contribution in [0.5, 0.6) is 5.75 Å². The Balaban J connectivity index is 1.78. The minimum Gasteiger partial charge on any atom is -0.489 e. The standard InChI is InChI=1S/C28H35NO5Si/c1-8-31-26(30)15-22-10-9-20(16-29)13-25(22)32-17-21-11-19(2)27-23(12-21)14-24(34-27)18-33-35(6,7)28(3,4)5/h9-14H,8,15,17-18H2,1-7H3. The fourth-order valence-corrected chi connectivity index (χ4v) is 4.45. The number of ether oxygens (including phenoxy) is 2. The van der Waals surface area contributed by atoms with Gasteiger partial charge >= 0.3 is 5.97 Å². The number of nitrogens with zero attached hydrogens (tertiary/aromatic N) is 1. The fraction of sp³-hybridized carbons (Fsp3) is 0.429. The molecule has 6 nitrogen and oxygen atoms in total. The van der Waals surface area contributed by atoms with Gasteiger partial charge < -0.3 is 18.3 Å². The van der Waals surface area contributed by atoms with E-state index < -0.39 is 8.32 Å². The van der Waals surface area contributed by atoms with Crippen LogP contribution in [0.1, 0.15) is 55.7 Å². The van der Waals surface area contributed by atoms with Crippen LogP contribution >= 0.6 is 0 Å². The van der Waals surface area contributed by atoms with Gasteiger partial charge in [0.05, 0.1) is 31.3 Å². The van der Waals surface area contributed by atoms with Crippen molar-refractivity contribution in [3.05, 3.63) is 64.4 Å². The first-order chi connectivity index (χ1) is 16.4. The van der Waals surface area contributed by atoms with E-state index in [9.17, 15) is 10.1 Å². The first kappa shape index (κ1) is 26.5. The van der Waals surface area contributed by atoms with Gasteiger partial charge in [0.15, 0.2) is 8.32 Å². The molecule has 0 fully saturated rings. The lowest BCUT2D eigenvalue weighted by Crippen LogP contribution is -2.40. The van der Waals surface area contributed by atoms with E-state index in [0.717, 1.165) is 27.9 Å². The normalized spacial score (nSPS) is 11.9. The second kappa shape index (κ2) is 10.7. The maximum Gasteiger partial charge on any atom is 0.310 e. The van der Waals surface area contributed by atoms with E-state index in [0.29, 0.717) is 36.7 Å². The summed E-state index contributed by atoms with van der Waals surface area (Å²) in [7, 11) is -1.88. The number of carbonyl (C=O) groups excluding carboxylic acids is 1. The SMILES string of the molecule is CCOC(=O)Cc1ccc(C#N)cc1OCc1cc(C)c2oc(CO[Si](C)(C)C(C)(C)C)cc2c1. The Morgan fingerprint density at radius 1 is 1.11 bits per heavy atom. The summed E-state index contributed by atoms with van der Waals surface area (Å²) in [5.41, 5.74) is 3.99. The second-order valence-electron chi connectivity index (χ2n) is 10.3. The maximum atomic E-state index is 12.0. The molecule has 3 rings (SSSR count). The highest BCUT2D eigenvalue weighted by Crippen LogP contribution is 2.37. The molecule has 0 atom stereocenters. The van der Waals surface area contributed by atoms with Crippen LogP contribution in [0.2, 0.25) is 18.1 Å². The van der Waals surface area contributed by atoms with Crippen molar-refractivity contribution in [3.8, 4) is 11.8 Å². The lowest BCUT2D eigenvalue weighted by molar-refractivity contribution is -0.142. The molecule has 186 valence electrons. The Bertz CT molecular complexity index is 1250. The Kier molecular flexibility index (Phi) is 8.09. The number of fused-ring (bicyclic) bond motifs is 1. The Hall–Kier alpha value is -3.08. The minimum absolute atomic E-state index is 0.0895. The van der Waals surface area contributed by atoms with Crippen LogP contribution in [0.3, 0.4) is 0 Å². The molecule has 0 spiro atoms. The fourth-order valence-electron chi connectivity index (χ4n) is 3.51. The van der Waals surface area contributed by atoms with Crippen molar-refractivity contribution in [3.63, 3.8) is 0 Å². The van der Waals surface area contributed by atoms with E-state index in [1.54, 1.807) is 25.1 Å². The number of nitriles is 1. The molecular formula is C28H35NO5Si. The third-order valence-corrected chi connectivity index (χ3v) is 11.0.